The summed E-state index contributed by atoms with van der Waals surface area (Å²) >= 11 is 0. The number of ether oxygens (including phenoxy) is 1. The number of urea groups is 1. The number of carbonyl (C=O) groups excluding carboxylic acids is 1. The number of nitrogens with one attached hydrogen (secondary N) is 1. The fraction of sp³-hybridized carbons (Fsp3) is 0.200. The van der Waals surface area contributed by atoms with Crippen molar-refractivity contribution < 1.29 is 27.5 Å². The van der Waals surface area contributed by atoms with Crippen molar-refractivity contribution >= 4 is 17.4 Å². The number of hydrogen-bond donors (Lipinski definition) is 1. The van der Waals surface area contributed by atoms with Crippen LogP contribution in [0.15, 0.2) is 71.9 Å². The van der Waals surface area contributed by atoms with Gasteiger partial charge in [-0.1, -0.05) is 35.5 Å². The zero-order valence-corrected chi connectivity index (χ0v) is 18.3. The van der Waals surface area contributed by atoms with Gasteiger partial charge in [0.25, 0.3) is 0 Å². The molecule has 3 aromatic carbocycles. The molecule has 1 N–H and O–H groups in total. The van der Waals surface area contributed by atoms with Gasteiger partial charge >= 0.3 is 6.03 Å². The van der Waals surface area contributed by atoms with Crippen LogP contribution in [0.3, 0.4) is 0 Å². The summed E-state index contributed by atoms with van der Waals surface area (Å²) in [6.07, 6.45) is -0.136. The van der Waals surface area contributed by atoms with Gasteiger partial charge in [0.1, 0.15) is 23.2 Å². The Labute approximate surface area is 194 Å². The zero-order valence-electron chi connectivity index (χ0n) is 18.3. The van der Waals surface area contributed by atoms with Crippen LogP contribution in [0.4, 0.5) is 23.7 Å². The summed E-state index contributed by atoms with van der Waals surface area (Å²) in [5.74, 6) is -1.36. The number of halogens is 3. The molecular weight excluding hydrogens is 447 g/mol. The SMILES string of the molecule is COc1ccccc1NC(=O)N(Cc1ccc(F)cc1F)C[C@H]1CC(c2ccc(F)cc2)=NO1. The summed E-state index contributed by atoms with van der Waals surface area (Å²) in [4.78, 5) is 20.0. The first-order valence-electron chi connectivity index (χ1n) is 10.5. The maximum Gasteiger partial charge on any atom is 0.322 e. The molecule has 0 unspecified atom stereocenters. The second kappa shape index (κ2) is 10.3. The van der Waals surface area contributed by atoms with Gasteiger partial charge in [-0.3, -0.25) is 0 Å². The van der Waals surface area contributed by atoms with Gasteiger partial charge in [-0.05, 0) is 35.9 Å². The molecule has 1 aliphatic heterocycles. The monoisotopic (exact) mass is 469 g/mol. The van der Waals surface area contributed by atoms with Crippen LogP contribution in [-0.4, -0.2) is 36.4 Å². The van der Waals surface area contributed by atoms with Crippen molar-refractivity contribution in [3.05, 3.63) is 95.3 Å². The molecular formula is C25H22F3N3O3. The predicted molar refractivity (Wildman–Crippen MR) is 121 cm³/mol. The molecule has 9 heteroatoms. The van der Waals surface area contributed by atoms with Crippen LogP contribution in [0.5, 0.6) is 5.75 Å². The van der Waals surface area contributed by atoms with Crippen molar-refractivity contribution in [2.24, 2.45) is 5.16 Å². The standard InChI is InChI=1S/C25H22F3N3O3/c1-33-24-5-3-2-4-22(24)29-25(32)31(14-17-8-11-19(27)12-21(17)28)15-20-13-23(30-34-20)16-6-9-18(26)10-7-16/h2-12,20H,13-15H2,1H3,(H,29,32)/t20-/m1/s1. The Morgan fingerprint density at radius 1 is 1.09 bits per heavy atom. The Morgan fingerprint density at radius 3 is 2.56 bits per heavy atom. The van der Waals surface area contributed by atoms with E-state index < -0.39 is 23.8 Å². The average molecular weight is 469 g/mol. The molecule has 4 rings (SSSR count). The molecule has 1 heterocycles. The first-order chi connectivity index (χ1) is 16.4. The summed E-state index contributed by atoms with van der Waals surface area (Å²) in [6, 6.07) is 15.4. The lowest BCUT2D eigenvalue weighted by Gasteiger charge is -2.26. The maximum atomic E-state index is 14.3. The minimum absolute atomic E-state index is 0.0754. The quantitative estimate of drug-likeness (QED) is 0.508. The van der Waals surface area contributed by atoms with Crippen LogP contribution in [0.25, 0.3) is 0 Å². The van der Waals surface area contributed by atoms with Crippen LogP contribution in [0, 0.1) is 17.5 Å². The number of anilines is 1. The molecule has 2 amide bonds. The molecule has 0 radical (unpaired) electrons. The van der Waals surface area contributed by atoms with E-state index in [4.69, 9.17) is 9.57 Å². The number of amides is 2. The summed E-state index contributed by atoms with van der Waals surface area (Å²) in [5.41, 5.74) is 1.91. The van der Waals surface area contributed by atoms with Crippen molar-refractivity contribution in [3.8, 4) is 5.75 Å². The highest BCUT2D eigenvalue weighted by Gasteiger charge is 2.28. The van der Waals surface area contributed by atoms with Crippen molar-refractivity contribution in [3.63, 3.8) is 0 Å². The molecule has 3 aromatic rings. The molecule has 0 aromatic heterocycles. The molecule has 0 spiro atoms. The van der Waals surface area contributed by atoms with Crippen LogP contribution in [0.2, 0.25) is 0 Å². The van der Waals surface area contributed by atoms with E-state index in [1.807, 2.05) is 0 Å². The minimum atomic E-state index is -0.759. The lowest BCUT2D eigenvalue weighted by atomic mass is 10.0. The third-order valence-corrected chi connectivity index (χ3v) is 5.35. The van der Waals surface area contributed by atoms with Crippen LogP contribution in [-0.2, 0) is 11.4 Å². The number of hydrogen-bond acceptors (Lipinski definition) is 4. The molecule has 0 bridgehead atoms. The van der Waals surface area contributed by atoms with Gasteiger partial charge in [-0.25, -0.2) is 18.0 Å². The van der Waals surface area contributed by atoms with E-state index in [0.717, 1.165) is 12.1 Å². The van der Waals surface area contributed by atoms with Gasteiger partial charge < -0.3 is 19.8 Å². The minimum Gasteiger partial charge on any atom is -0.495 e. The Kier molecular flexibility index (Phi) is 7.01. The molecule has 1 atom stereocenters. The predicted octanol–water partition coefficient (Wildman–Crippen LogP) is 5.34. The van der Waals surface area contributed by atoms with Crippen LogP contribution < -0.4 is 10.1 Å². The number of rotatable bonds is 7. The smallest absolute Gasteiger partial charge is 0.322 e. The Morgan fingerprint density at radius 2 is 1.82 bits per heavy atom. The van der Waals surface area contributed by atoms with Gasteiger partial charge in [0, 0.05) is 18.1 Å². The first kappa shape index (κ1) is 23.2. The number of nitrogens with zero attached hydrogens (tertiary/aromatic N) is 2. The number of carbonyl (C=O) groups is 1. The fourth-order valence-corrected chi connectivity index (χ4v) is 3.60. The Balaban J connectivity index is 1.51. The lowest BCUT2D eigenvalue weighted by molar-refractivity contribution is 0.0606. The van der Waals surface area contributed by atoms with Gasteiger partial charge in [-0.2, -0.15) is 0 Å². The molecule has 0 aliphatic carbocycles. The van der Waals surface area contributed by atoms with E-state index in [0.29, 0.717) is 29.1 Å². The average Bonchev–Trinajstić information content (AvgIpc) is 3.29. The van der Waals surface area contributed by atoms with Gasteiger partial charge in [0.2, 0.25) is 0 Å². The third kappa shape index (κ3) is 5.48. The van der Waals surface area contributed by atoms with Gasteiger partial charge in [0.15, 0.2) is 6.10 Å². The fourth-order valence-electron chi connectivity index (χ4n) is 3.60. The van der Waals surface area contributed by atoms with E-state index in [-0.39, 0.29) is 24.5 Å². The van der Waals surface area contributed by atoms with Crippen molar-refractivity contribution in [2.45, 2.75) is 19.1 Å². The maximum absolute atomic E-state index is 14.3. The van der Waals surface area contributed by atoms with Crippen LogP contribution in [0.1, 0.15) is 17.5 Å². The summed E-state index contributed by atoms with van der Waals surface area (Å²) in [6.45, 7) is -0.0508. The molecule has 0 saturated heterocycles. The van der Waals surface area contributed by atoms with Gasteiger partial charge in [0.05, 0.1) is 31.6 Å². The molecule has 6 nitrogen and oxygen atoms in total. The van der Waals surface area contributed by atoms with E-state index in [9.17, 15) is 18.0 Å². The molecule has 176 valence electrons. The number of methoxy groups -OCH3 is 1. The third-order valence-electron chi connectivity index (χ3n) is 5.35. The van der Waals surface area contributed by atoms with E-state index >= 15 is 0 Å². The van der Waals surface area contributed by atoms with E-state index in [2.05, 4.69) is 10.5 Å². The summed E-state index contributed by atoms with van der Waals surface area (Å²) in [5, 5.41) is 6.84. The summed E-state index contributed by atoms with van der Waals surface area (Å²) in [7, 11) is 1.48. The van der Waals surface area contributed by atoms with E-state index in [1.54, 1.807) is 36.4 Å². The normalized spacial score (nSPS) is 14.8. The van der Waals surface area contributed by atoms with Crippen molar-refractivity contribution in [1.29, 1.82) is 0 Å². The Bertz CT molecular complexity index is 1200. The second-order valence-electron chi connectivity index (χ2n) is 7.72. The zero-order chi connectivity index (χ0) is 24.1. The topological polar surface area (TPSA) is 63.2 Å². The van der Waals surface area contributed by atoms with Crippen molar-refractivity contribution in [1.82, 2.24) is 4.90 Å². The van der Waals surface area contributed by atoms with Crippen LogP contribution >= 0.6 is 0 Å². The molecule has 0 fully saturated rings. The number of oxime groups is 1. The number of para-hydroxylation sites is 2. The lowest BCUT2D eigenvalue weighted by Crippen LogP contribution is -2.40. The highest BCUT2D eigenvalue weighted by molar-refractivity contribution is 6.01. The molecule has 34 heavy (non-hydrogen) atoms. The Hall–Kier alpha value is -4.01. The van der Waals surface area contributed by atoms with E-state index in [1.165, 1.54) is 30.2 Å². The van der Waals surface area contributed by atoms with Crippen molar-refractivity contribution in [2.75, 3.05) is 19.0 Å². The molecule has 1 aliphatic rings. The highest BCUT2D eigenvalue weighted by Crippen LogP contribution is 2.25. The second-order valence-corrected chi connectivity index (χ2v) is 7.72. The van der Waals surface area contributed by atoms with Gasteiger partial charge in [-0.15, -0.1) is 0 Å². The first-order valence-corrected chi connectivity index (χ1v) is 10.5. The largest absolute Gasteiger partial charge is 0.495 e. The highest BCUT2D eigenvalue weighted by atomic mass is 19.1. The number of benzene rings is 3. The summed E-state index contributed by atoms with van der Waals surface area (Å²) < 4.78 is 46.2. The molecule has 0 saturated carbocycles.